The summed E-state index contributed by atoms with van der Waals surface area (Å²) in [6.45, 7) is 1.26. The highest BCUT2D eigenvalue weighted by molar-refractivity contribution is 5.75. The molecule has 0 spiro atoms. The van der Waals surface area contributed by atoms with Crippen molar-refractivity contribution >= 4 is 6.03 Å². The molecule has 2 aliphatic carbocycles. The summed E-state index contributed by atoms with van der Waals surface area (Å²) >= 11 is 0. The Morgan fingerprint density at radius 1 is 1.19 bits per heavy atom. The van der Waals surface area contributed by atoms with E-state index in [2.05, 4.69) is 5.32 Å². The molecule has 0 atom stereocenters. The summed E-state index contributed by atoms with van der Waals surface area (Å²) < 4.78 is 0. The first-order valence-electron chi connectivity index (χ1n) is 6.58. The lowest BCUT2D eigenvalue weighted by atomic mass is 9.94. The number of urea groups is 1. The molecule has 16 heavy (non-hydrogen) atoms. The number of hydrogen-bond acceptors (Lipinski definition) is 2. The molecule has 0 radical (unpaired) electrons. The second-order valence-electron chi connectivity index (χ2n) is 5.00. The maximum absolute atomic E-state index is 12.0. The van der Waals surface area contributed by atoms with Crippen LogP contribution in [0.25, 0.3) is 0 Å². The van der Waals surface area contributed by atoms with Crippen LogP contribution < -0.4 is 11.1 Å². The van der Waals surface area contributed by atoms with Crippen LogP contribution >= 0.6 is 0 Å². The van der Waals surface area contributed by atoms with E-state index in [0.29, 0.717) is 25.2 Å². The molecule has 92 valence electrons. The Kier molecular flexibility index (Phi) is 4.04. The van der Waals surface area contributed by atoms with Crippen LogP contribution in [-0.2, 0) is 0 Å². The van der Waals surface area contributed by atoms with Crippen molar-refractivity contribution in [1.82, 2.24) is 10.2 Å². The van der Waals surface area contributed by atoms with E-state index in [4.69, 9.17) is 5.73 Å². The lowest BCUT2D eigenvalue weighted by Crippen LogP contribution is -2.49. The van der Waals surface area contributed by atoms with E-state index in [0.717, 1.165) is 25.7 Å². The zero-order chi connectivity index (χ0) is 11.4. The molecule has 4 heteroatoms. The van der Waals surface area contributed by atoms with Crippen LogP contribution in [0.1, 0.15) is 44.9 Å². The van der Waals surface area contributed by atoms with Crippen molar-refractivity contribution in [3.05, 3.63) is 0 Å². The molecule has 0 aliphatic heterocycles. The summed E-state index contributed by atoms with van der Waals surface area (Å²) in [6, 6.07) is 0.979. The fraction of sp³-hybridized carbons (Fsp3) is 0.917. The fourth-order valence-corrected chi connectivity index (χ4v) is 2.47. The van der Waals surface area contributed by atoms with Crippen molar-refractivity contribution in [3.63, 3.8) is 0 Å². The van der Waals surface area contributed by atoms with Gasteiger partial charge in [0.1, 0.15) is 0 Å². The minimum atomic E-state index is 0.111. The number of rotatable bonds is 4. The van der Waals surface area contributed by atoms with Crippen LogP contribution in [0.3, 0.4) is 0 Å². The predicted octanol–water partition coefficient (Wildman–Crippen LogP) is 1.45. The van der Waals surface area contributed by atoms with Gasteiger partial charge < -0.3 is 16.0 Å². The van der Waals surface area contributed by atoms with Gasteiger partial charge in [-0.1, -0.05) is 19.3 Å². The van der Waals surface area contributed by atoms with E-state index < -0.39 is 0 Å². The van der Waals surface area contributed by atoms with Gasteiger partial charge in [0.15, 0.2) is 0 Å². The van der Waals surface area contributed by atoms with Crippen molar-refractivity contribution in [2.24, 2.45) is 5.73 Å². The van der Waals surface area contributed by atoms with Gasteiger partial charge in [-0.3, -0.25) is 0 Å². The van der Waals surface area contributed by atoms with Crippen molar-refractivity contribution in [1.29, 1.82) is 0 Å². The number of nitrogens with zero attached hydrogens (tertiary/aromatic N) is 1. The van der Waals surface area contributed by atoms with E-state index >= 15 is 0 Å². The lowest BCUT2D eigenvalue weighted by molar-refractivity contribution is 0.157. The molecule has 4 nitrogen and oxygen atoms in total. The van der Waals surface area contributed by atoms with E-state index in [-0.39, 0.29) is 6.03 Å². The van der Waals surface area contributed by atoms with Gasteiger partial charge in [0.25, 0.3) is 0 Å². The summed E-state index contributed by atoms with van der Waals surface area (Å²) in [7, 11) is 0. The summed E-state index contributed by atoms with van der Waals surface area (Å²) in [5.74, 6) is 0. The molecule has 2 aliphatic rings. The second kappa shape index (κ2) is 5.53. The van der Waals surface area contributed by atoms with E-state index in [1.54, 1.807) is 0 Å². The number of nitrogens with two attached hydrogens (primary N) is 1. The molecule has 0 unspecified atom stereocenters. The monoisotopic (exact) mass is 225 g/mol. The van der Waals surface area contributed by atoms with Gasteiger partial charge in [-0.15, -0.1) is 0 Å². The minimum absolute atomic E-state index is 0.111. The molecule has 2 saturated carbocycles. The molecule has 0 aromatic rings. The topological polar surface area (TPSA) is 58.4 Å². The van der Waals surface area contributed by atoms with Crippen LogP contribution in [0.5, 0.6) is 0 Å². The van der Waals surface area contributed by atoms with Gasteiger partial charge in [-0.2, -0.15) is 0 Å². The van der Waals surface area contributed by atoms with Crippen LogP contribution in [0.2, 0.25) is 0 Å². The van der Waals surface area contributed by atoms with Gasteiger partial charge in [-0.05, 0) is 25.7 Å². The van der Waals surface area contributed by atoms with Crippen LogP contribution in [0.15, 0.2) is 0 Å². The molecule has 0 aromatic carbocycles. The van der Waals surface area contributed by atoms with Crippen LogP contribution in [0.4, 0.5) is 4.79 Å². The Labute approximate surface area is 97.6 Å². The first kappa shape index (κ1) is 11.7. The Morgan fingerprint density at radius 3 is 2.44 bits per heavy atom. The van der Waals surface area contributed by atoms with Gasteiger partial charge in [0.05, 0.1) is 0 Å². The van der Waals surface area contributed by atoms with Gasteiger partial charge >= 0.3 is 6.03 Å². The third-order valence-electron chi connectivity index (χ3n) is 3.55. The van der Waals surface area contributed by atoms with Crippen molar-refractivity contribution in [2.45, 2.75) is 57.0 Å². The Balaban J connectivity index is 1.88. The maximum Gasteiger partial charge on any atom is 0.317 e. The molecular weight excluding hydrogens is 202 g/mol. The van der Waals surface area contributed by atoms with Gasteiger partial charge in [0, 0.05) is 25.2 Å². The molecule has 2 rings (SSSR count). The molecule has 0 heterocycles. The molecule has 0 aromatic heterocycles. The number of hydrogen-bond donors (Lipinski definition) is 2. The Bertz CT molecular complexity index is 234. The first-order chi connectivity index (χ1) is 7.81. The summed E-state index contributed by atoms with van der Waals surface area (Å²) in [6.07, 6.45) is 8.41. The number of nitrogens with one attached hydrogen (secondary N) is 1. The van der Waals surface area contributed by atoms with Crippen molar-refractivity contribution < 1.29 is 4.79 Å². The van der Waals surface area contributed by atoms with Crippen LogP contribution in [-0.4, -0.2) is 36.1 Å². The van der Waals surface area contributed by atoms with E-state index in [1.165, 1.54) is 19.3 Å². The van der Waals surface area contributed by atoms with Crippen molar-refractivity contribution in [3.8, 4) is 0 Å². The standard InChI is InChI=1S/C12H23N3O/c13-8-9-15(11-4-2-1-3-5-11)12(16)14-10-6-7-10/h10-11H,1-9,13H2,(H,14,16). The van der Waals surface area contributed by atoms with Gasteiger partial charge in [-0.25, -0.2) is 4.79 Å². The molecule has 0 saturated heterocycles. The lowest BCUT2D eigenvalue weighted by Gasteiger charge is -2.34. The highest BCUT2D eigenvalue weighted by atomic mass is 16.2. The largest absolute Gasteiger partial charge is 0.335 e. The summed E-state index contributed by atoms with van der Waals surface area (Å²) in [5.41, 5.74) is 5.60. The Morgan fingerprint density at radius 2 is 1.88 bits per heavy atom. The van der Waals surface area contributed by atoms with Crippen LogP contribution in [0, 0.1) is 0 Å². The van der Waals surface area contributed by atoms with E-state index in [9.17, 15) is 4.79 Å². The average Bonchev–Trinajstić information content (AvgIpc) is 3.11. The third-order valence-corrected chi connectivity index (χ3v) is 3.55. The SMILES string of the molecule is NCCN(C(=O)NC1CC1)C1CCCCC1. The molecule has 2 fully saturated rings. The maximum atomic E-state index is 12.0. The minimum Gasteiger partial charge on any atom is -0.335 e. The molecule has 2 amide bonds. The smallest absolute Gasteiger partial charge is 0.317 e. The van der Waals surface area contributed by atoms with Crippen molar-refractivity contribution in [2.75, 3.05) is 13.1 Å². The summed E-state index contributed by atoms with van der Waals surface area (Å²) in [5, 5.41) is 3.07. The molecule has 0 bridgehead atoms. The fourth-order valence-electron chi connectivity index (χ4n) is 2.47. The number of carbonyl (C=O) groups excluding carboxylic acids is 1. The van der Waals surface area contributed by atoms with Gasteiger partial charge in [0.2, 0.25) is 0 Å². The second-order valence-corrected chi connectivity index (χ2v) is 5.00. The average molecular weight is 225 g/mol. The zero-order valence-corrected chi connectivity index (χ0v) is 9.95. The highest BCUT2D eigenvalue weighted by Crippen LogP contribution is 2.24. The highest BCUT2D eigenvalue weighted by Gasteiger charge is 2.29. The number of carbonyl (C=O) groups is 1. The normalized spacial score (nSPS) is 21.8. The zero-order valence-electron chi connectivity index (χ0n) is 9.95. The number of amides is 2. The third kappa shape index (κ3) is 3.11. The quantitative estimate of drug-likeness (QED) is 0.761. The predicted molar refractivity (Wildman–Crippen MR) is 64.2 cm³/mol. The first-order valence-corrected chi connectivity index (χ1v) is 6.58. The molecular formula is C12H23N3O. The van der Waals surface area contributed by atoms with E-state index in [1.807, 2.05) is 4.90 Å². The molecule has 3 N–H and O–H groups in total. The summed E-state index contributed by atoms with van der Waals surface area (Å²) in [4.78, 5) is 14.0. The Hall–Kier alpha value is -0.770.